The smallest absolute Gasteiger partial charge is 0.0720 e. The van der Waals surface area contributed by atoms with Gasteiger partial charge in [-0.3, -0.25) is 4.68 Å². The zero-order valence-electron chi connectivity index (χ0n) is 4.70. The Labute approximate surface area is 53.9 Å². The summed E-state index contributed by atoms with van der Waals surface area (Å²) >= 11 is 4.05. The van der Waals surface area contributed by atoms with E-state index in [2.05, 4.69) is 17.7 Å². The lowest BCUT2D eigenvalue weighted by Crippen LogP contribution is -1.87. The molecule has 0 aliphatic carbocycles. The van der Waals surface area contributed by atoms with Gasteiger partial charge in [0.05, 0.1) is 5.69 Å². The molecule has 0 aromatic carbocycles. The topological polar surface area (TPSA) is 17.8 Å². The van der Waals surface area contributed by atoms with Gasteiger partial charge in [-0.05, 0) is 6.07 Å². The second kappa shape index (κ2) is 2.22. The van der Waals surface area contributed by atoms with Crippen molar-refractivity contribution in [2.45, 2.75) is 5.75 Å². The van der Waals surface area contributed by atoms with Crippen LogP contribution >= 0.6 is 12.6 Å². The third-order valence-corrected chi connectivity index (χ3v) is 1.25. The summed E-state index contributed by atoms with van der Waals surface area (Å²) in [6.07, 6.45) is 1.91. The normalized spacial score (nSPS) is 9.75. The molecule has 0 atom stereocenters. The van der Waals surface area contributed by atoms with Crippen LogP contribution in [0.2, 0.25) is 0 Å². The number of nitrogens with zero attached hydrogens (tertiary/aromatic N) is 2. The summed E-state index contributed by atoms with van der Waals surface area (Å²) in [5.41, 5.74) is 1.02. The second-order valence-electron chi connectivity index (χ2n) is 1.64. The number of aryl methyl sites for hydroxylation is 1. The summed E-state index contributed by atoms with van der Waals surface area (Å²) in [4.78, 5) is 0. The zero-order chi connectivity index (χ0) is 5.98. The van der Waals surface area contributed by atoms with E-state index in [1.165, 1.54) is 0 Å². The Bertz CT molecular complexity index is 171. The zero-order valence-corrected chi connectivity index (χ0v) is 5.60. The van der Waals surface area contributed by atoms with Crippen LogP contribution in [0.4, 0.5) is 0 Å². The van der Waals surface area contributed by atoms with Gasteiger partial charge in [-0.25, -0.2) is 0 Å². The Balaban J connectivity index is 2.84. The molecule has 0 aliphatic heterocycles. The Morgan fingerprint density at radius 1 is 1.88 bits per heavy atom. The van der Waals surface area contributed by atoms with Crippen molar-refractivity contribution in [3.63, 3.8) is 0 Å². The van der Waals surface area contributed by atoms with Crippen LogP contribution in [0.1, 0.15) is 5.69 Å². The Morgan fingerprint density at radius 2 is 2.62 bits per heavy atom. The quantitative estimate of drug-likeness (QED) is 0.555. The monoisotopic (exact) mass is 128 g/mol. The van der Waals surface area contributed by atoms with E-state index >= 15 is 0 Å². The van der Waals surface area contributed by atoms with Crippen molar-refractivity contribution in [1.82, 2.24) is 9.78 Å². The van der Waals surface area contributed by atoms with Gasteiger partial charge < -0.3 is 0 Å². The Hall–Kier alpha value is -0.440. The van der Waals surface area contributed by atoms with Crippen LogP contribution in [0, 0.1) is 0 Å². The van der Waals surface area contributed by atoms with Gasteiger partial charge in [-0.15, -0.1) is 0 Å². The van der Waals surface area contributed by atoms with E-state index in [0.717, 1.165) is 11.4 Å². The average Bonchev–Trinajstić information content (AvgIpc) is 2.14. The first kappa shape index (κ1) is 5.69. The van der Waals surface area contributed by atoms with Gasteiger partial charge >= 0.3 is 0 Å². The molecule has 8 heavy (non-hydrogen) atoms. The molecule has 0 fully saturated rings. The first-order chi connectivity index (χ1) is 3.83. The lowest BCUT2D eigenvalue weighted by Gasteiger charge is -1.83. The predicted octanol–water partition coefficient (Wildman–Crippen LogP) is 0.850. The fourth-order valence-corrected chi connectivity index (χ4v) is 0.716. The molecular weight excluding hydrogens is 120 g/mol. The van der Waals surface area contributed by atoms with Crippen molar-refractivity contribution < 1.29 is 0 Å². The highest BCUT2D eigenvalue weighted by Crippen LogP contribution is 1.96. The van der Waals surface area contributed by atoms with E-state index in [0.29, 0.717) is 0 Å². The second-order valence-corrected chi connectivity index (χ2v) is 1.96. The predicted molar refractivity (Wildman–Crippen MR) is 35.9 cm³/mol. The van der Waals surface area contributed by atoms with Gasteiger partial charge in [-0.2, -0.15) is 17.7 Å². The lowest BCUT2D eigenvalue weighted by molar-refractivity contribution is 0.755. The molecular formula is C5H8N2S. The van der Waals surface area contributed by atoms with Crippen molar-refractivity contribution >= 4 is 12.6 Å². The number of hydrogen-bond acceptors (Lipinski definition) is 2. The number of hydrogen-bond donors (Lipinski definition) is 1. The first-order valence-electron chi connectivity index (χ1n) is 2.42. The SMILES string of the molecule is Cn1ccc(CS)n1. The van der Waals surface area contributed by atoms with Crippen molar-refractivity contribution in [1.29, 1.82) is 0 Å². The van der Waals surface area contributed by atoms with E-state index in [-0.39, 0.29) is 0 Å². The molecule has 0 N–H and O–H groups in total. The molecule has 0 bridgehead atoms. The molecule has 0 saturated carbocycles. The van der Waals surface area contributed by atoms with Gasteiger partial charge in [0.1, 0.15) is 0 Å². The third-order valence-electron chi connectivity index (χ3n) is 0.931. The fourth-order valence-electron chi connectivity index (χ4n) is 0.548. The molecule has 0 spiro atoms. The van der Waals surface area contributed by atoms with Crippen LogP contribution in [0.5, 0.6) is 0 Å². The first-order valence-corrected chi connectivity index (χ1v) is 3.05. The number of aromatic nitrogens is 2. The van der Waals surface area contributed by atoms with E-state index in [4.69, 9.17) is 0 Å². The summed E-state index contributed by atoms with van der Waals surface area (Å²) in [5.74, 6) is 0.723. The van der Waals surface area contributed by atoms with E-state index < -0.39 is 0 Å². The highest BCUT2D eigenvalue weighted by Gasteiger charge is 1.88. The Kier molecular flexibility index (Phi) is 1.58. The molecule has 0 amide bonds. The van der Waals surface area contributed by atoms with Crippen LogP contribution in [0.25, 0.3) is 0 Å². The van der Waals surface area contributed by atoms with E-state index in [1.54, 1.807) is 4.68 Å². The maximum Gasteiger partial charge on any atom is 0.0720 e. The summed E-state index contributed by atoms with van der Waals surface area (Å²) in [5, 5.41) is 4.07. The van der Waals surface area contributed by atoms with Crippen molar-refractivity contribution in [3.05, 3.63) is 18.0 Å². The average molecular weight is 128 g/mol. The maximum absolute atomic E-state index is 4.07. The van der Waals surface area contributed by atoms with Gasteiger partial charge in [0.2, 0.25) is 0 Å². The largest absolute Gasteiger partial charge is 0.276 e. The van der Waals surface area contributed by atoms with Gasteiger partial charge in [0.15, 0.2) is 0 Å². The minimum absolute atomic E-state index is 0.723. The number of thiol groups is 1. The highest BCUT2D eigenvalue weighted by atomic mass is 32.1. The van der Waals surface area contributed by atoms with Crippen LogP contribution in [-0.4, -0.2) is 9.78 Å². The van der Waals surface area contributed by atoms with Crippen molar-refractivity contribution in [2.75, 3.05) is 0 Å². The molecule has 1 heterocycles. The molecule has 0 unspecified atom stereocenters. The summed E-state index contributed by atoms with van der Waals surface area (Å²) < 4.78 is 1.77. The highest BCUT2D eigenvalue weighted by molar-refractivity contribution is 7.79. The lowest BCUT2D eigenvalue weighted by atomic mass is 10.5. The summed E-state index contributed by atoms with van der Waals surface area (Å²) in [6.45, 7) is 0. The molecule has 0 aliphatic rings. The molecule has 3 heteroatoms. The molecule has 1 aromatic rings. The van der Waals surface area contributed by atoms with Gasteiger partial charge in [0.25, 0.3) is 0 Å². The summed E-state index contributed by atoms with van der Waals surface area (Å²) in [6, 6.07) is 1.95. The van der Waals surface area contributed by atoms with Crippen LogP contribution in [0.15, 0.2) is 12.3 Å². The molecule has 1 rings (SSSR count). The van der Waals surface area contributed by atoms with Crippen LogP contribution in [0.3, 0.4) is 0 Å². The van der Waals surface area contributed by atoms with Crippen LogP contribution < -0.4 is 0 Å². The maximum atomic E-state index is 4.07. The summed E-state index contributed by atoms with van der Waals surface area (Å²) in [7, 11) is 1.90. The Morgan fingerprint density at radius 3 is 2.88 bits per heavy atom. The third kappa shape index (κ3) is 1.04. The fraction of sp³-hybridized carbons (Fsp3) is 0.400. The molecule has 2 nitrogen and oxygen atoms in total. The number of rotatable bonds is 1. The molecule has 0 saturated heterocycles. The van der Waals surface area contributed by atoms with E-state index in [1.807, 2.05) is 19.3 Å². The van der Waals surface area contributed by atoms with Gasteiger partial charge in [-0.1, -0.05) is 0 Å². The minimum Gasteiger partial charge on any atom is -0.276 e. The van der Waals surface area contributed by atoms with Gasteiger partial charge in [0, 0.05) is 19.0 Å². The van der Waals surface area contributed by atoms with Crippen LogP contribution in [-0.2, 0) is 12.8 Å². The molecule has 44 valence electrons. The standard InChI is InChI=1S/C5H8N2S/c1-7-3-2-5(4-8)6-7/h2-3,8H,4H2,1H3. The van der Waals surface area contributed by atoms with E-state index in [9.17, 15) is 0 Å². The minimum atomic E-state index is 0.723. The van der Waals surface area contributed by atoms with Crippen molar-refractivity contribution in [2.24, 2.45) is 7.05 Å². The molecule has 1 aromatic heterocycles. The molecule has 0 radical (unpaired) electrons. The van der Waals surface area contributed by atoms with Crippen molar-refractivity contribution in [3.8, 4) is 0 Å².